The average Bonchev–Trinajstić information content (AvgIpc) is 2.64. The predicted molar refractivity (Wildman–Crippen MR) is 107 cm³/mol. The molecule has 0 bridgehead atoms. The highest BCUT2D eigenvalue weighted by atomic mass is 32.2. The van der Waals surface area contributed by atoms with Crippen molar-refractivity contribution in [3.63, 3.8) is 0 Å². The Hall–Kier alpha value is -2.87. The number of hydrogen-bond acceptors (Lipinski definition) is 5. The van der Waals surface area contributed by atoms with Crippen LogP contribution in [-0.4, -0.2) is 32.9 Å². The molecule has 0 spiro atoms. The summed E-state index contributed by atoms with van der Waals surface area (Å²) in [5.41, 5.74) is 2.41. The Labute approximate surface area is 165 Å². The van der Waals surface area contributed by atoms with Gasteiger partial charge in [-0.3, -0.25) is 9.52 Å². The fraction of sp³-hybridized carbons (Fsp3) is 0.300. The van der Waals surface area contributed by atoms with Crippen LogP contribution in [0.5, 0.6) is 0 Å². The number of rotatable bonds is 7. The maximum Gasteiger partial charge on any atom is 0.338 e. The van der Waals surface area contributed by atoms with Crippen LogP contribution < -0.4 is 10.0 Å². The lowest BCUT2D eigenvalue weighted by Crippen LogP contribution is -2.35. The molecule has 0 saturated carbocycles. The Kier molecular flexibility index (Phi) is 6.80. The van der Waals surface area contributed by atoms with Crippen LogP contribution in [0.2, 0.25) is 0 Å². The van der Waals surface area contributed by atoms with Crippen molar-refractivity contribution in [3.8, 4) is 0 Å². The first-order chi connectivity index (χ1) is 13.1. The van der Waals surface area contributed by atoms with E-state index in [0.29, 0.717) is 12.2 Å². The molecule has 28 heavy (non-hydrogen) atoms. The van der Waals surface area contributed by atoms with Crippen LogP contribution in [-0.2, 0) is 19.6 Å². The quantitative estimate of drug-likeness (QED) is 0.691. The zero-order valence-electron chi connectivity index (χ0n) is 16.3. The lowest BCUT2D eigenvalue weighted by Gasteiger charge is -2.13. The van der Waals surface area contributed by atoms with E-state index in [-0.39, 0.29) is 16.4 Å². The predicted octanol–water partition coefficient (Wildman–Crippen LogP) is 2.79. The fourth-order valence-corrected chi connectivity index (χ4v) is 3.51. The topological polar surface area (TPSA) is 102 Å². The van der Waals surface area contributed by atoms with Gasteiger partial charge in [-0.1, -0.05) is 6.07 Å². The third-order valence-electron chi connectivity index (χ3n) is 4.17. The Bertz CT molecular complexity index is 969. The SMILES string of the molecule is CCNC(=O)[C@H](C)OC(=O)c1ccc(NS(=O)(=O)c2ccc(C)c(C)c2)cc1. The van der Waals surface area contributed by atoms with E-state index in [1.165, 1.54) is 31.2 Å². The zero-order chi connectivity index (χ0) is 20.9. The molecule has 0 aliphatic rings. The highest BCUT2D eigenvalue weighted by Crippen LogP contribution is 2.19. The van der Waals surface area contributed by atoms with Crippen LogP contribution in [0, 0.1) is 13.8 Å². The second-order valence-corrected chi connectivity index (χ2v) is 8.05. The van der Waals surface area contributed by atoms with Crippen molar-refractivity contribution in [2.24, 2.45) is 0 Å². The molecular formula is C20H24N2O5S. The number of hydrogen-bond donors (Lipinski definition) is 2. The van der Waals surface area contributed by atoms with E-state index in [4.69, 9.17) is 4.74 Å². The molecule has 1 amide bonds. The molecule has 2 aromatic carbocycles. The van der Waals surface area contributed by atoms with Crippen molar-refractivity contribution < 1.29 is 22.7 Å². The second-order valence-electron chi connectivity index (χ2n) is 6.37. The molecule has 1 atom stereocenters. The van der Waals surface area contributed by atoms with Crippen molar-refractivity contribution in [1.82, 2.24) is 5.32 Å². The van der Waals surface area contributed by atoms with E-state index in [2.05, 4.69) is 10.0 Å². The van der Waals surface area contributed by atoms with Gasteiger partial charge in [0.1, 0.15) is 0 Å². The fourth-order valence-electron chi connectivity index (χ4n) is 2.37. The molecular weight excluding hydrogens is 380 g/mol. The lowest BCUT2D eigenvalue weighted by atomic mass is 10.1. The number of anilines is 1. The van der Waals surface area contributed by atoms with Crippen LogP contribution in [0.1, 0.15) is 35.3 Å². The van der Waals surface area contributed by atoms with Crippen LogP contribution >= 0.6 is 0 Å². The molecule has 0 saturated heterocycles. The van der Waals surface area contributed by atoms with Gasteiger partial charge in [-0.2, -0.15) is 0 Å². The minimum atomic E-state index is -3.74. The van der Waals surface area contributed by atoms with Gasteiger partial charge < -0.3 is 10.1 Å². The molecule has 0 unspecified atom stereocenters. The van der Waals surface area contributed by atoms with Gasteiger partial charge in [0, 0.05) is 12.2 Å². The third kappa shape index (κ3) is 5.32. The molecule has 0 aromatic heterocycles. The first-order valence-electron chi connectivity index (χ1n) is 8.83. The molecule has 8 heteroatoms. The van der Waals surface area contributed by atoms with Gasteiger partial charge in [-0.05, 0) is 75.2 Å². The summed E-state index contributed by atoms with van der Waals surface area (Å²) in [6.45, 7) is 7.44. The van der Waals surface area contributed by atoms with Crippen molar-refractivity contribution in [1.29, 1.82) is 0 Å². The summed E-state index contributed by atoms with van der Waals surface area (Å²) >= 11 is 0. The van der Waals surface area contributed by atoms with Crippen molar-refractivity contribution >= 4 is 27.6 Å². The van der Waals surface area contributed by atoms with E-state index >= 15 is 0 Å². The summed E-state index contributed by atoms with van der Waals surface area (Å²) < 4.78 is 32.6. The number of amides is 1. The molecule has 7 nitrogen and oxygen atoms in total. The summed E-state index contributed by atoms with van der Waals surface area (Å²) in [5, 5.41) is 2.57. The van der Waals surface area contributed by atoms with Crippen LogP contribution in [0.25, 0.3) is 0 Å². The highest BCUT2D eigenvalue weighted by Gasteiger charge is 2.19. The number of aryl methyl sites for hydroxylation is 2. The van der Waals surface area contributed by atoms with Crippen molar-refractivity contribution in [3.05, 3.63) is 59.2 Å². The molecule has 0 fully saturated rings. The first kappa shape index (κ1) is 21.4. The van der Waals surface area contributed by atoms with Gasteiger partial charge in [0.25, 0.3) is 15.9 Å². The number of carbonyl (C=O) groups is 2. The van der Waals surface area contributed by atoms with Crippen molar-refractivity contribution in [2.45, 2.75) is 38.7 Å². The number of esters is 1. The summed E-state index contributed by atoms with van der Waals surface area (Å²) in [5.74, 6) is -1.05. The van der Waals surface area contributed by atoms with E-state index in [0.717, 1.165) is 11.1 Å². The molecule has 0 aliphatic carbocycles. The van der Waals surface area contributed by atoms with Crippen LogP contribution in [0.15, 0.2) is 47.4 Å². The van der Waals surface area contributed by atoms with Gasteiger partial charge >= 0.3 is 5.97 Å². The number of nitrogens with one attached hydrogen (secondary N) is 2. The number of carbonyl (C=O) groups excluding carboxylic acids is 2. The number of benzene rings is 2. The number of ether oxygens (including phenoxy) is 1. The third-order valence-corrected chi connectivity index (χ3v) is 5.54. The smallest absolute Gasteiger partial charge is 0.338 e. The lowest BCUT2D eigenvalue weighted by molar-refractivity contribution is -0.128. The molecule has 0 aliphatic heterocycles. The minimum Gasteiger partial charge on any atom is -0.449 e. The van der Waals surface area contributed by atoms with Gasteiger partial charge in [0.05, 0.1) is 10.5 Å². The van der Waals surface area contributed by atoms with Gasteiger partial charge in [0.2, 0.25) is 0 Å². The van der Waals surface area contributed by atoms with Crippen LogP contribution in [0.4, 0.5) is 5.69 Å². The van der Waals surface area contributed by atoms with E-state index in [1.807, 2.05) is 13.8 Å². The summed E-state index contributed by atoms with van der Waals surface area (Å²) in [6, 6.07) is 10.7. The van der Waals surface area contributed by atoms with E-state index in [9.17, 15) is 18.0 Å². The molecule has 150 valence electrons. The molecule has 2 aromatic rings. The molecule has 2 N–H and O–H groups in total. The number of likely N-dealkylation sites (N-methyl/N-ethyl adjacent to an activating group) is 1. The Balaban J connectivity index is 2.08. The second kappa shape index (κ2) is 8.88. The molecule has 0 heterocycles. The average molecular weight is 404 g/mol. The summed E-state index contributed by atoms with van der Waals surface area (Å²) in [7, 11) is -3.74. The Morgan fingerprint density at radius 3 is 2.25 bits per heavy atom. The zero-order valence-corrected chi connectivity index (χ0v) is 17.1. The molecule has 0 radical (unpaired) electrons. The Morgan fingerprint density at radius 1 is 1.04 bits per heavy atom. The van der Waals surface area contributed by atoms with E-state index < -0.39 is 22.1 Å². The summed E-state index contributed by atoms with van der Waals surface area (Å²) in [6.07, 6.45) is -0.921. The highest BCUT2D eigenvalue weighted by molar-refractivity contribution is 7.92. The molecule has 2 rings (SSSR count). The largest absolute Gasteiger partial charge is 0.449 e. The first-order valence-corrected chi connectivity index (χ1v) is 10.3. The minimum absolute atomic E-state index is 0.162. The maximum absolute atomic E-state index is 12.5. The van der Waals surface area contributed by atoms with Gasteiger partial charge in [-0.15, -0.1) is 0 Å². The van der Waals surface area contributed by atoms with Crippen LogP contribution in [0.3, 0.4) is 0 Å². The Morgan fingerprint density at radius 2 is 1.68 bits per heavy atom. The monoisotopic (exact) mass is 404 g/mol. The summed E-state index contributed by atoms with van der Waals surface area (Å²) in [4.78, 5) is 23.9. The standard InChI is InChI=1S/C20H24N2O5S/c1-5-21-19(23)15(4)27-20(24)16-7-9-17(10-8-16)22-28(25,26)18-11-6-13(2)14(3)12-18/h6-12,15,22H,5H2,1-4H3,(H,21,23)/t15-/m0/s1. The number of sulfonamides is 1. The maximum atomic E-state index is 12.5. The van der Waals surface area contributed by atoms with E-state index in [1.54, 1.807) is 25.1 Å². The van der Waals surface area contributed by atoms with Gasteiger partial charge in [-0.25, -0.2) is 13.2 Å². The van der Waals surface area contributed by atoms with Crippen molar-refractivity contribution in [2.75, 3.05) is 11.3 Å². The van der Waals surface area contributed by atoms with Gasteiger partial charge in [0.15, 0.2) is 6.10 Å². The normalized spacial score (nSPS) is 12.1.